The van der Waals surface area contributed by atoms with Crippen molar-refractivity contribution >= 4 is 15.9 Å². The van der Waals surface area contributed by atoms with Crippen LogP contribution in [0.15, 0.2) is 41.7 Å². The molecule has 1 amide bonds. The predicted octanol–water partition coefficient (Wildman–Crippen LogP) is 0.627. The molecular formula is C17H21N5O3S. The molecule has 0 radical (unpaired) electrons. The van der Waals surface area contributed by atoms with E-state index in [4.69, 9.17) is 0 Å². The van der Waals surface area contributed by atoms with Gasteiger partial charge in [0, 0.05) is 38.6 Å². The number of piperidine rings is 1. The summed E-state index contributed by atoms with van der Waals surface area (Å²) in [5, 5.41) is 3.97. The Morgan fingerprint density at radius 3 is 2.77 bits per heavy atom. The van der Waals surface area contributed by atoms with Crippen LogP contribution in [-0.2, 0) is 28.4 Å². The molecule has 0 saturated carbocycles. The van der Waals surface area contributed by atoms with Crippen molar-refractivity contribution in [2.45, 2.75) is 30.3 Å². The number of aromatic nitrogens is 3. The molecule has 3 aliphatic heterocycles. The van der Waals surface area contributed by atoms with Crippen molar-refractivity contribution in [2.75, 3.05) is 13.1 Å². The number of hydrogen-bond donors (Lipinski definition) is 0. The number of fused-ring (bicyclic) bond motifs is 4. The molecule has 0 unspecified atom stereocenters. The smallest absolute Gasteiger partial charge is 0.246 e. The van der Waals surface area contributed by atoms with Crippen molar-refractivity contribution in [2.24, 2.45) is 13.0 Å². The third-order valence-corrected chi connectivity index (χ3v) is 6.92. The molecule has 5 heterocycles. The summed E-state index contributed by atoms with van der Waals surface area (Å²) in [4.78, 5) is 19.2. The molecule has 0 aromatic carbocycles. The van der Waals surface area contributed by atoms with Crippen LogP contribution in [0.5, 0.6) is 0 Å². The Kier molecular flexibility index (Phi) is 4.28. The lowest BCUT2D eigenvalue weighted by Gasteiger charge is -2.35. The number of hydrogen-bond acceptors (Lipinski definition) is 5. The molecule has 8 nitrogen and oxygen atoms in total. The van der Waals surface area contributed by atoms with Crippen LogP contribution in [0.4, 0.5) is 0 Å². The summed E-state index contributed by atoms with van der Waals surface area (Å²) in [5.41, 5.74) is 0.815. The highest BCUT2D eigenvalue weighted by atomic mass is 32.2. The molecule has 2 aromatic rings. The minimum absolute atomic E-state index is 0.0239. The van der Waals surface area contributed by atoms with Crippen LogP contribution in [0.3, 0.4) is 0 Å². The SMILES string of the molecule is Cn1cc(S(=O)(=O)N2C[C@@H]3CC[C@H](C2)N(Cc2ccccn2)C3=O)cn1. The zero-order valence-corrected chi connectivity index (χ0v) is 15.3. The number of amides is 1. The maximum absolute atomic E-state index is 13.0. The quantitative estimate of drug-likeness (QED) is 0.782. The van der Waals surface area contributed by atoms with E-state index in [1.807, 2.05) is 18.2 Å². The van der Waals surface area contributed by atoms with E-state index in [2.05, 4.69) is 10.1 Å². The Labute approximate surface area is 152 Å². The first-order chi connectivity index (χ1) is 12.4. The molecule has 2 bridgehead atoms. The van der Waals surface area contributed by atoms with Crippen LogP contribution in [0.2, 0.25) is 0 Å². The van der Waals surface area contributed by atoms with E-state index in [0.717, 1.165) is 18.5 Å². The van der Waals surface area contributed by atoms with Gasteiger partial charge in [0.05, 0.1) is 24.4 Å². The summed E-state index contributed by atoms with van der Waals surface area (Å²) in [6.07, 6.45) is 6.09. The van der Waals surface area contributed by atoms with E-state index in [1.54, 1.807) is 18.1 Å². The topological polar surface area (TPSA) is 88.4 Å². The maximum Gasteiger partial charge on any atom is 0.246 e. The van der Waals surface area contributed by atoms with Gasteiger partial charge < -0.3 is 4.90 Å². The third kappa shape index (κ3) is 3.01. The van der Waals surface area contributed by atoms with E-state index < -0.39 is 10.0 Å². The summed E-state index contributed by atoms with van der Waals surface area (Å²) in [6, 6.07) is 5.48. The van der Waals surface area contributed by atoms with Gasteiger partial charge in [0.1, 0.15) is 4.90 Å². The second-order valence-corrected chi connectivity index (χ2v) is 8.82. The number of rotatable bonds is 4. The van der Waals surface area contributed by atoms with Crippen LogP contribution in [0.25, 0.3) is 0 Å². The lowest BCUT2D eigenvalue weighted by atomic mass is 9.94. The minimum atomic E-state index is -3.65. The van der Waals surface area contributed by atoms with Crippen LogP contribution in [0, 0.1) is 5.92 Å². The fourth-order valence-corrected chi connectivity index (χ4v) is 5.26. The fraction of sp³-hybridized carbons (Fsp3) is 0.471. The maximum atomic E-state index is 13.0. The van der Waals surface area contributed by atoms with Gasteiger partial charge in [-0.3, -0.25) is 14.5 Å². The van der Waals surface area contributed by atoms with E-state index in [1.165, 1.54) is 21.4 Å². The molecule has 9 heteroatoms. The second-order valence-electron chi connectivity index (χ2n) is 6.89. The van der Waals surface area contributed by atoms with Crippen molar-refractivity contribution < 1.29 is 13.2 Å². The molecule has 0 spiro atoms. The van der Waals surface area contributed by atoms with Crippen molar-refractivity contribution in [3.8, 4) is 0 Å². The van der Waals surface area contributed by atoms with Gasteiger partial charge in [-0.15, -0.1) is 0 Å². The summed E-state index contributed by atoms with van der Waals surface area (Å²) in [6.45, 7) is 0.958. The molecule has 0 aliphatic carbocycles. The molecule has 2 aromatic heterocycles. The van der Waals surface area contributed by atoms with Gasteiger partial charge in [-0.05, 0) is 25.0 Å². The van der Waals surface area contributed by atoms with E-state index in [0.29, 0.717) is 13.1 Å². The van der Waals surface area contributed by atoms with Gasteiger partial charge in [0.15, 0.2) is 0 Å². The molecule has 5 rings (SSSR count). The van der Waals surface area contributed by atoms with Crippen LogP contribution < -0.4 is 0 Å². The van der Waals surface area contributed by atoms with Gasteiger partial charge >= 0.3 is 0 Å². The van der Waals surface area contributed by atoms with Crippen LogP contribution in [0.1, 0.15) is 18.5 Å². The Morgan fingerprint density at radius 1 is 1.23 bits per heavy atom. The molecule has 2 atom stereocenters. The zero-order chi connectivity index (χ0) is 18.3. The summed E-state index contributed by atoms with van der Waals surface area (Å²) < 4.78 is 28.9. The van der Waals surface area contributed by atoms with Gasteiger partial charge in [-0.25, -0.2) is 8.42 Å². The molecule has 26 heavy (non-hydrogen) atoms. The van der Waals surface area contributed by atoms with Crippen molar-refractivity contribution in [1.29, 1.82) is 0 Å². The van der Waals surface area contributed by atoms with Crippen molar-refractivity contribution in [3.05, 3.63) is 42.5 Å². The van der Waals surface area contributed by atoms with Crippen LogP contribution >= 0.6 is 0 Å². The standard InChI is InChI=1S/C17H21N5O3S/c1-20-12-16(8-19-20)26(24,25)21-9-13-5-6-15(11-21)22(17(13)23)10-14-4-2-3-7-18-14/h2-4,7-8,12-13,15H,5-6,9-11H2,1H3/t13-,15+/m0/s1. The summed E-state index contributed by atoms with van der Waals surface area (Å²) >= 11 is 0. The molecule has 138 valence electrons. The second kappa shape index (κ2) is 6.48. The van der Waals surface area contributed by atoms with E-state index >= 15 is 0 Å². The molecule has 3 fully saturated rings. The third-order valence-electron chi connectivity index (χ3n) is 5.14. The Balaban J connectivity index is 1.61. The van der Waals surface area contributed by atoms with Gasteiger partial charge in [0.2, 0.25) is 15.9 Å². The highest BCUT2D eigenvalue weighted by molar-refractivity contribution is 7.89. The largest absolute Gasteiger partial charge is 0.332 e. The van der Waals surface area contributed by atoms with Crippen molar-refractivity contribution in [3.63, 3.8) is 0 Å². The first-order valence-corrected chi connectivity index (χ1v) is 10.1. The van der Waals surface area contributed by atoms with Gasteiger partial charge in [0.25, 0.3) is 0 Å². The lowest BCUT2D eigenvalue weighted by molar-refractivity contribution is -0.140. The van der Waals surface area contributed by atoms with E-state index in [9.17, 15) is 13.2 Å². The Morgan fingerprint density at radius 2 is 2.08 bits per heavy atom. The Hall–Kier alpha value is -2.26. The monoisotopic (exact) mass is 375 g/mol. The minimum Gasteiger partial charge on any atom is -0.332 e. The lowest BCUT2D eigenvalue weighted by Crippen LogP contribution is -2.47. The van der Waals surface area contributed by atoms with Crippen molar-refractivity contribution in [1.82, 2.24) is 24.0 Å². The highest BCUT2D eigenvalue weighted by Crippen LogP contribution is 2.32. The van der Waals surface area contributed by atoms with Gasteiger partial charge in [-0.2, -0.15) is 9.40 Å². The molecular weight excluding hydrogens is 354 g/mol. The first kappa shape index (κ1) is 17.2. The number of aryl methyl sites for hydroxylation is 1. The number of sulfonamides is 1. The van der Waals surface area contributed by atoms with E-state index in [-0.39, 0.29) is 29.3 Å². The predicted molar refractivity (Wildman–Crippen MR) is 93.3 cm³/mol. The summed E-state index contributed by atoms with van der Waals surface area (Å²) in [5.74, 6) is -0.278. The highest BCUT2D eigenvalue weighted by Gasteiger charge is 2.44. The average molecular weight is 375 g/mol. The fourth-order valence-electron chi connectivity index (χ4n) is 3.75. The number of nitrogens with zero attached hydrogens (tertiary/aromatic N) is 5. The summed E-state index contributed by atoms with van der Waals surface area (Å²) in [7, 11) is -1.97. The number of carbonyl (C=O) groups excluding carboxylic acids is 1. The first-order valence-electron chi connectivity index (χ1n) is 8.64. The molecule has 3 saturated heterocycles. The van der Waals surface area contributed by atoms with Gasteiger partial charge in [-0.1, -0.05) is 6.07 Å². The number of pyridine rings is 1. The van der Waals surface area contributed by atoms with Crippen LogP contribution in [-0.4, -0.2) is 57.4 Å². The molecule has 3 aliphatic rings. The molecule has 0 N–H and O–H groups in total. The zero-order valence-electron chi connectivity index (χ0n) is 14.5. The Bertz CT molecular complexity index is 911. The number of carbonyl (C=O) groups is 1. The average Bonchev–Trinajstić information content (AvgIpc) is 2.89. The normalized spacial score (nSPS) is 24.0.